The van der Waals surface area contributed by atoms with Gasteiger partial charge in [0.25, 0.3) is 0 Å². The topological polar surface area (TPSA) is 63.9 Å². The van der Waals surface area contributed by atoms with Crippen molar-refractivity contribution in [1.82, 2.24) is 25.1 Å². The molecule has 0 saturated carbocycles. The number of nitrogens with zero attached hydrogens (tertiary/aromatic N) is 5. The lowest BCUT2D eigenvalue weighted by Gasteiger charge is -2.26. The number of rotatable bonds is 3. The lowest BCUT2D eigenvalue weighted by Crippen LogP contribution is -2.38. The number of carbonyl (C=O) groups is 1. The molecule has 0 radical (unpaired) electrons. The first kappa shape index (κ1) is 12.3. The molecular weight excluding hydrogens is 262 g/mol. The van der Waals surface area contributed by atoms with E-state index in [9.17, 15) is 4.79 Å². The van der Waals surface area contributed by atoms with Crippen molar-refractivity contribution in [3.8, 4) is 11.4 Å². The normalized spacial score (nSPS) is 15.7. The standard InChI is InChI=1S/C12H15N5OS/c18-11(16-5-2-1-3-6-16)8-17-14-12(13-15-17)10-4-7-19-9-10/h4,7,9H,1-3,5-6,8H2. The van der Waals surface area contributed by atoms with Crippen LogP contribution in [-0.2, 0) is 11.3 Å². The van der Waals surface area contributed by atoms with Crippen LogP contribution in [0.15, 0.2) is 16.8 Å². The molecule has 0 aromatic carbocycles. The molecule has 100 valence electrons. The Morgan fingerprint density at radius 2 is 2.16 bits per heavy atom. The maximum atomic E-state index is 12.1. The molecule has 0 N–H and O–H groups in total. The number of piperidine rings is 1. The first-order valence-electron chi connectivity index (χ1n) is 6.41. The summed E-state index contributed by atoms with van der Waals surface area (Å²) in [6, 6.07) is 1.94. The van der Waals surface area contributed by atoms with Crippen molar-refractivity contribution in [2.75, 3.05) is 13.1 Å². The van der Waals surface area contributed by atoms with E-state index in [1.165, 1.54) is 11.2 Å². The molecule has 2 aromatic rings. The van der Waals surface area contributed by atoms with Crippen LogP contribution < -0.4 is 0 Å². The van der Waals surface area contributed by atoms with Crippen LogP contribution in [0.4, 0.5) is 0 Å². The summed E-state index contributed by atoms with van der Waals surface area (Å²) in [6.07, 6.45) is 3.40. The Balaban J connectivity index is 1.65. The fraction of sp³-hybridized carbons (Fsp3) is 0.500. The molecule has 0 unspecified atom stereocenters. The Hall–Kier alpha value is -1.76. The van der Waals surface area contributed by atoms with Crippen molar-refractivity contribution in [3.63, 3.8) is 0 Å². The molecule has 1 amide bonds. The van der Waals surface area contributed by atoms with Gasteiger partial charge in [0.1, 0.15) is 6.54 Å². The Morgan fingerprint density at radius 3 is 2.89 bits per heavy atom. The minimum absolute atomic E-state index is 0.0777. The van der Waals surface area contributed by atoms with E-state index in [2.05, 4.69) is 15.4 Å². The average molecular weight is 277 g/mol. The first-order valence-corrected chi connectivity index (χ1v) is 7.35. The molecule has 7 heteroatoms. The number of tetrazole rings is 1. The number of carbonyl (C=O) groups excluding carboxylic acids is 1. The molecule has 3 heterocycles. The lowest BCUT2D eigenvalue weighted by atomic mass is 10.1. The predicted molar refractivity (Wildman–Crippen MR) is 71.6 cm³/mol. The van der Waals surface area contributed by atoms with E-state index in [-0.39, 0.29) is 12.5 Å². The third-order valence-corrected chi connectivity index (χ3v) is 3.90. The van der Waals surface area contributed by atoms with Crippen molar-refractivity contribution in [2.45, 2.75) is 25.8 Å². The molecule has 1 aliphatic heterocycles. The third-order valence-electron chi connectivity index (χ3n) is 3.22. The van der Waals surface area contributed by atoms with Gasteiger partial charge in [0.05, 0.1) is 0 Å². The van der Waals surface area contributed by atoms with Crippen LogP contribution in [0.5, 0.6) is 0 Å². The molecule has 1 fully saturated rings. The zero-order valence-corrected chi connectivity index (χ0v) is 11.3. The molecule has 3 rings (SSSR count). The van der Waals surface area contributed by atoms with Crippen LogP contribution in [0.2, 0.25) is 0 Å². The van der Waals surface area contributed by atoms with Crippen molar-refractivity contribution in [1.29, 1.82) is 0 Å². The highest BCUT2D eigenvalue weighted by molar-refractivity contribution is 7.08. The van der Waals surface area contributed by atoms with E-state index < -0.39 is 0 Å². The molecule has 0 aliphatic carbocycles. The monoisotopic (exact) mass is 277 g/mol. The molecule has 1 aliphatic rings. The third kappa shape index (κ3) is 2.81. The van der Waals surface area contributed by atoms with Gasteiger partial charge in [-0.15, -0.1) is 10.2 Å². The summed E-state index contributed by atoms with van der Waals surface area (Å²) in [7, 11) is 0. The lowest BCUT2D eigenvalue weighted by molar-refractivity contribution is -0.133. The van der Waals surface area contributed by atoms with Crippen LogP contribution in [0.25, 0.3) is 11.4 Å². The molecular formula is C12H15N5OS. The summed E-state index contributed by atoms with van der Waals surface area (Å²) < 4.78 is 0. The largest absolute Gasteiger partial charge is 0.341 e. The second-order valence-corrected chi connectivity index (χ2v) is 5.38. The van der Waals surface area contributed by atoms with E-state index in [1.807, 2.05) is 21.7 Å². The number of aromatic nitrogens is 4. The van der Waals surface area contributed by atoms with Gasteiger partial charge in [0.2, 0.25) is 11.7 Å². The van der Waals surface area contributed by atoms with Crippen LogP contribution in [0.3, 0.4) is 0 Å². The van der Waals surface area contributed by atoms with E-state index >= 15 is 0 Å². The summed E-state index contributed by atoms with van der Waals surface area (Å²) >= 11 is 1.59. The fourth-order valence-corrected chi connectivity index (χ4v) is 2.82. The van der Waals surface area contributed by atoms with Crippen molar-refractivity contribution in [2.24, 2.45) is 0 Å². The Labute approximate surface area is 115 Å². The molecule has 0 bridgehead atoms. The number of hydrogen-bond donors (Lipinski definition) is 0. The average Bonchev–Trinajstić information content (AvgIpc) is 3.10. The highest BCUT2D eigenvalue weighted by Crippen LogP contribution is 2.16. The number of amides is 1. The number of hydrogen-bond acceptors (Lipinski definition) is 5. The minimum Gasteiger partial charge on any atom is -0.341 e. The quantitative estimate of drug-likeness (QED) is 0.851. The Kier molecular flexibility index (Phi) is 3.54. The van der Waals surface area contributed by atoms with Gasteiger partial charge >= 0.3 is 0 Å². The van der Waals surface area contributed by atoms with Crippen LogP contribution in [-0.4, -0.2) is 44.1 Å². The summed E-state index contributed by atoms with van der Waals surface area (Å²) in [6.45, 7) is 1.88. The molecule has 2 aromatic heterocycles. The van der Waals surface area contributed by atoms with E-state index in [0.717, 1.165) is 31.5 Å². The maximum absolute atomic E-state index is 12.1. The Bertz CT molecular complexity index is 544. The molecule has 0 spiro atoms. The summed E-state index contributed by atoms with van der Waals surface area (Å²) in [5.74, 6) is 0.654. The van der Waals surface area contributed by atoms with Gasteiger partial charge in [-0.3, -0.25) is 4.79 Å². The summed E-state index contributed by atoms with van der Waals surface area (Å²) in [4.78, 5) is 15.3. The minimum atomic E-state index is 0.0777. The first-order chi connectivity index (χ1) is 9.33. The second kappa shape index (κ2) is 5.48. The van der Waals surface area contributed by atoms with Crippen molar-refractivity contribution >= 4 is 17.2 Å². The molecule has 19 heavy (non-hydrogen) atoms. The van der Waals surface area contributed by atoms with Crippen molar-refractivity contribution < 1.29 is 4.79 Å². The number of likely N-dealkylation sites (tertiary alicyclic amines) is 1. The van der Waals surface area contributed by atoms with Gasteiger partial charge < -0.3 is 4.90 Å². The van der Waals surface area contributed by atoms with Gasteiger partial charge in [-0.25, -0.2) is 0 Å². The van der Waals surface area contributed by atoms with E-state index in [0.29, 0.717) is 5.82 Å². The predicted octanol–water partition coefficient (Wildman–Crippen LogP) is 1.41. The van der Waals surface area contributed by atoms with E-state index in [4.69, 9.17) is 0 Å². The van der Waals surface area contributed by atoms with Gasteiger partial charge in [-0.05, 0) is 35.9 Å². The molecule has 1 saturated heterocycles. The highest BCUT2D eigenvalue weighted by atomic mass is 32.1. The van der Waals surface area contributed by atoms with Crippen molar-refractivity contribution in [3.05, 3.63) is 16.8 Å². The number of thiophene rings is 1. The van der Waals surface area contributed by atoms with Crippen LogP contribution in [0, 0.1) is 0 Å². The highest BCUT2D eigenvalue weighted by Gasteiger charge is 2.18. The van der Waals surface area contributed by atoms with Gasteiger partial charge in [-0.1, -0.05) is 0 Å². The molecule has 0 atom stereocenters. The van der Waals surface area contributed by atoms with E-state index in [1.54, 1.807) is 11.3 Å². The van der Waals surface area contributed by atoms with Crippen LogP contribution in [0.1, 0.15) is 19.3 Å². The van der Waals surface area contributed by atoms with Crippen LogP contribution >= 0.6 is 11.3 Å². The summed E-state index contributed by atoms with van der Waals surface area (Å²) in [5, 5.41) is 16.1. The SMILES string of the molecule is O=C(Cn1nnc(-c2ccsc2)n1)N1CCCCC1. The smallest absolute Gasteiger partial charge is 0.246 e. The van der Waals surface area contributed by atoms with Gasteiger partial charge in [-0.2, -0.15) is 16.1 Å². The second-order valence-electron chi connectivity index (χ2n) is 4.60. The zero-order valence-electron chi connectivity index (χ0n) is 10.5. The fourth-order valence-electron chi connectivity index (χ4n) is 2.18. The van der Waals surface area contributed by atoms with Gasteiger partial charge in [0.15, 0.2) is 0 Å². The zero-order chi connectivity index (χ0) is 13.1. The molecule has 6 nitrogen and oxygen atoms in total. The maximum Gasteiger partial charge on any atom is 0.246 e. The summed E-state index contributed by atoms with van der Waals surface area (Å²) in [5.41, 5.74) is 0.946. The Morgan fingerprint density at radius 1 is 1.32 bits per heavy atom. The van der Waals surface area contributed by atoms with Gasteiger partial charge in [0, 0.05) is 24.0 Å².